The Hall–Kier alpha value is -2.41. The molecule has 0 heterocycles. The van der Waals surface area contributed by atoms with Crippen molar-refractivity contribution in [3.05, 3.63) is 0 Å². The largest absolute Gasteiger partial charge is 0.376 e. The van der Waals surface area contributed by atoms with Crippen LogP contribution in [0, 0.1) is 62.1 Å². The molecule has 0 aromatic rings. The van der Waals surface area contributed by atoms with Crippen molar-refractivity contribution in [2.24, 2.45) is 16.7 Å². The topological polar surface area (TPSA) is 121 Å². The van der Waals surface area contributed by atoms with E-state index in [1.165, 1.54) is 6.92 Å². The van der Waals surface area contributed by atoms with Gasteiger partial charge in [0, 0.05) is 6.61 Å². The zero-order valence-corrected chi connectivity index (χ0v) is 11.4. The standard InChI is InChI=1S/C14H14N4O2/c1-3-20-12-5-4-11(10(2)19)13(6-15,7-16)14(12,8-17)9-18/h11-12H,3-5H2,1-2H3/t11-,12+/m1/s1. The molecule has 1 aliphatic carbocycles. The lowest BCUT2D eigenvalue weighted by molar-refractivity contribution is -0.131. The molecule has 1 rings (SSSR count). The fourth-order valence-electron chi connectivity index (χ4n) is 2.90. The molecule has 0 N–H and O–H groups in total. The zero-order valence-electron chi connectivity index (χ0n) is 11.4. The van der Waals surface area contributed by atoms with E-state index in [1.807, 2.05) is 0 Å². The summed E-state index contributed by atoms with van der Waals surface area (Å²) in [5.41, 5.74) is -3.96. The van der Waals surface area contributed by atoms with Crippen LogP contribution in [0.3, 0.4) is 0 Å². The third-order valence-electron chi connectivity index (χ3n) is 3.91. The van der Waals surface area contributed by atoms with Gasteiger partial charge in [-0.15, -0.1) is 0 Å². The summed E-state index contributed by atoms with van der Waals surface area (Å²) in [6.07, 6.45) is -0.297. The molecule has 0 spiro atoms. The average Bonchev–Trinajstić information content (AvgIpc) is 2.46. The molecule has 0 aromatic heterocycles. The van der Waals surface area contributed by atoms with Crippen molar-refractivity contribution in [1.82, 2.24) is 0 Å². The first-order valence-corrected chi connectivity index (χ1v) is 6.26. The molecule has 0 aromatic carbocycles. The van der Waals surface area contributed by atoms with Crippen molar-refractivity contribution in [2.45, 2.75) is 32.8 Å². The SMILES string of the molecule is CCO[C@H]1CC[C@H](C(C)=O)C(C#N)(C#N)C1(C#N)C#N. The van der Waals surface area contributed by atoms with E-state index in [0.29, 0.717) is 6.42 Å². The normalized spacial score (nSPS) is 26.3. The molecule has 1 fully saturated rings. The summed E-state index contributed by atoms with van der Waals surface area (Å²) in [5.74, 6) is -1.31. The first-order valence-electron chi connectivity index (χ1n) is 6.26. The summed E-state index contributed by atoms with van der Waals surface area (Å²) in [6, 6.07) is 7.14. The van der Waals surface area contributed by atoms with Crippen LogP contribution in [0.5, 0.6) is 0 Å². The van der Waals surface area contributed by atoms with E-state index in [1.54, 1.807) is 31.2 Å². The van der Waals surface area contributed by atoms with Crippen LogP contribution in [-0.2, 0) is 9.53 Å². The van der Waals surface area contributed by atoms with E-state index in [4.69, 9.17) is 4.74 Å². The van der Waals surface area contributed by atoms with Crippen LogP contribution in [0.15, 0.2) is 0 Å². The quantitative estimate of drug-likeness (QED) is 0.765. The molecule has 1 saturated carbocycles. The van der Waals surface area contributed by atoms with E-state index in [0.717, 1.165) is 0 Å². The van der Waals surface area contributed by atoms with Gasteiger partial charge < -0.3 is 4.74 Å². The molecule has 0 bridgehead atoms. The lowest BCUT2D eigenvalue weighted by Gasteiger charge is -2.45. The average molecular weight is 270 g/mol. The Morgan fingerprint density at radius 2 is 1.60 bits per heavy atom. The Morgan fingerprint density at radius 3 is 1.95 bits per heavy atom. The fraction of sp³-hybridized carbons (Fsp3) is 0.643. The minimum absolute atomic E-state index is 0.256. The Kier molecular flexibility index (Phi) is 4.46. The minimum Gasteiger partial charge on any atom is -0.376 e. The summed E-state index contributed by atoms with van der Waals surface area (Å²) in [6.45, 7) is 3.24. The van der Waals surface area contributed by atoms with Crippen LogP contribution in [0.25, 0.3) is 0 Å². The number of ether oxygens (including phenoxy) is 1. The Balaban J connectivity index is 3.59. The van der Waals surface area contributed by atoms with Crippen molar-refractivity contribution in [2.75, 3.05) is 6.61 Å². The number of ketones is 1. The Bertz CT molecular complexity index is 542. The molecule has 6 nitrogen and oxygen atoms in total. The maximum atomic E-state index is 11.8. The predicted octanol–water partition coefficient (Wildman–Crippen LogP) is 1.46. The molecular formula is C14H14N4O2. The number of nitrogens with zero attached hydrogens (tertiary/aromatic N) is 4. The van der Waals surface area contributed by atoms with Gasteiger partial charge in [-0.2, -0.15) is 21.0 Å². The molecule has 2 atom stereocenters. The second-order valence-corrected chi connectivity index (χ2v) is 4.75. The third-order valence-corrected chi connectivity index (χ3v) is 3.91. The molecule has 0 radical (unpaired) electrons. The van der Waals surface area contributed by atoms with Gasteiger partial charge in [0.15, 0.2) is 5.41 Å². The van der Waals surface area contributed by atoms with Gasteiger partial charge in [0.25, 0.3) is 0 Å². The van der Waals surface area contributed by atoms with E-state index in [2.05, 4.69) is 0 Å². The highest BCUT2D eigenvalue weighted by Gasteiger charge is 2.67. The van der Waals surface area contributed by atoms with Crippen molar-refractivity contribution in [3.8, 4) is 24.3 Å². The number of rotatable bonds is 3. The molecule has 0 unspecified atom stereocenters. The highest BCUT2D eigenvalue weighted by Crippen LogP contribution is 2.54. The summed E-state index contributed by atoms with van der Waals surface area (Å²) in [4.78, 5) is 11.8. The van der Waals surface area contributed by atoms with Crippen molar-refractivity contribution < 1.29 is 9.53 Å². The van der Waals surface area contributed by atoms with Crippen LogP contribution >= 0.6 is 0 Å². The molecule has 20 heavy (non-hydrogen) atoms. The van der Waals surface area contributed by atoms with Crippen molar-refractivity contribution >= 4 is 5.78 Å². The third kappa shape index (κ3) is 1.83. The number of hydrogen-bond donors (Lipinski definition) is 0. The van der Waals surface area contributed by atoms with Crippen LogP contribution in [0.1, 0.15) is 26.7 Å². The lowest BCUT2D eigenvalue weighted by Crippen LogP contribution is -2.57. The fourth-order valence-corrected chi connectivity index (χ4v) is 2.90. The lowest BCUT2D eigenvalue weighted by atomic mass is 9.51. The van der Waals surface area contributed by atoms with E-state index in [9.17, 15) is 25.8 Å². The summed E-state index contributed by atoms with van der Waals surface area (Å²) >= 11 is 0. The summed E-state index contributed by atoms with van der Waals surface area (Å²) in [5, 5.41) is 37.9. The number of hydrogen-bond acceptors (Lipinski definition) is 6. The van der Waals surface area contributed by atoms with Gasteiger partial charge in [-0.25, -0.2) is 0 Å². The number of carbonyl (C=O) groups is 1. The van der Waals surface area contributed by atoms with Gasteiger partial charge in [-0.3, -0.25) is 4.79 Å². The molecule has 0 amide bonds. The smallest absolute Gasteiger partial charge is 0.201 e. The van der Waals surface area contributed by atoms with Crippen LogP contribution in [0.2, 0.25) is 0 Å². The molecule has 1 aliphatic rings. The molecule has 0 aliphatic heterocycles. The Labute approximate surface area is 117 Å². The minimum atomic E-state index is -2.00. The van der Waals surface area contributed by atoms with Gasteiger partial charge in [-0.05, 0) is 26.7 Å². The first kappa shape index (κ1) is 15.6. The summed E-state index contributed by atoms with van der Waals surface area (Å²) < 4.78 is 5.41. The maximum absolute atomic E-state index is 11.8. The predicted molar refractivity (Wildman–Crippen MR) is 66.1 cm³/mol. The van der Waals surface area contributed by atoms with Gasteiger partial charge in [-0.1, -0.05) is 0 Å². The van der Waals surface area contributed by atoms with E-state index >= 15 is 0 Å². The summed E-state index contributed by atoms with van der Waals surface area (Å²) in [7, 11) is 0. The van der Waals surface area contributed by atoms with Gasteiger partial charge in [0.2, 0.25) is 5.41 Å². The Morgan fingerprint density at radius 1 is 1.10 bits per heavy atom. The van der Waals surface area contributed by atoms with Crippen molar-refractivity contribution in [3.63, 3.8) is 0 Å². The number of Topliss-reactive ketones (excluding diaryl/α,β-unsaturated/α-hetero) is 1. The van der Waals surface area contributed by atoms with Crippen LogP contribution in [0.4, 0.5) is 0 Å². The molecule has 6 heteroatoms. The van der Waals surface area contributed by atoms with Crippen LogP contribution < -0.4 is 0 Å². The number of nitriles is 4. The molecule has 0 saturated heterocycles. The van der Waals surface area contributed by atoms with Crippen molar-refractivity contribution in [1.29, 1.82) is 21.0 Å². The van der Waals surface area contributed by atoms with Gasteiger partial charge >= 0.3 is 0 Å². The highest BCUT2D eigenvalue weighted by molar-refractivity contribution is 5.81. The maximum Gasteiger partial charge on any atom is 0.201 e. The molecular weight excluding hydrogens is 256 g/mol. The second-order valence-electron chi connectivity index (χ2n) is 4.75. The van der Waals surface area contributed by atoms with E-state index < -0.39 is 22.9 Å². The zero-order chi connectivity index (χ0) is 15.4. The monoisotopic (exact) mass is 270 g/mol. The van der Waals surface area contributed by atoms with Crippen LogP contribution in [-0.4, -0.2) is 18.5 Å². The first-order chi connectivity index (χ1) is 9.49. The highest BCUT2D eigenvalue weighted by atomic mass is 16.5. The molecule has 102 valence electrons. The van der Waals surface area contributed by atoms with Gasteiger partial charge in [0.05, 0.1) is 36.3 Å². The van der Waals surface area contributed by atoms with E-state index in [-0.39, 0.29) is 18.8 Å². The number of carbonyl (C=O) groups excluding carboxylic acids is 1. The van der Waals surface area contributed by atoms with Gasteiger partial charge in [0.1, 0.15) is 5.78 Å². The second kappa shape index (κ2) is 5.70.